The SMILES string of the molecule is CCOC(=O)N1CCC(Nc2nc(C)cc(C(=O)Nc3ccccc3)n2)CC1. The minimum absolute atomic E-state index is 0.137. The first-order valence-electron chi connectivity index (χ1n) is 9.45. The van der Waals surface area contributed by atoms with Gasteiger partial charge in [-0.15, -0.1) is 0 Å². The molecule has 2 aromatic rings. The number of likely N-dealkylation sites (tertiary alicyclic amines) is 1. The molecular formula is C20H25N5O3. The molecule has 1 saturated heterocycles. The van der Waals surface area contributed by atoms with E-state index in [9.17, 15) is 9.59 Å². The summed E-state index contributed by atoms with van der Waals surface area (Å²) in [7, 11) is 0. The molecule has 2 amide bonds. The number of anilines is 2. The summed E-state index contributed by atoms with van der Waals surface area (Å²) in [6.07, 6.45) is 1.26. The number of hydrogen-bond donors (Lipinski definition) is 2. The fraction of sp³-hybridized carbons (Fsp3) is 0.400. The molecule has 3 rings (SSSR count). The van der Waals surface area contributed by atoms with Crippen molar-refractivity contribution in [1.29, 1.82) is 0 Å². The predicted octanol–water partition coefficient (Wildman–Crippen LogP) is 3.07. The minimum Gasteiger partial charge on any atom is -0.450 e. The number of benzene rings is 1. The van der Waals surface area contributed by atoms with Gasteiger partial charge in [0.1, 0.15) is 5.69 Å². The highest BCUT2D eigenvalue weighted by molar-refractivity contribution is 6.03. The number of amides is 2. The van der Waals surface area contributed by atoms with E-state index in [2.05, 4.69) is 20.6 Å². The Bertz CT molecular complexity index is 820. The van der Waals surface area contributed by atoms with Crippen LogP contribution in [-0.2, 0) is 4.74 Å². The van der Waals surface area contributed by atoms with Gasteiger partial charge in [0.25, 0.3) is 5.91 Å². The van der Waals surface area contributed by atoms with E-state index in [0.717, 1.165) is 12.8 Å². The summed E-state index contributed by atoms with van der Waals surface area (Å²) in [6.45, 7) is 5.23. The zero-order valence-corrected chi connectivity index (χ0v) is 16.1. The second-order valence-electron chi connectivity index (χ2n) is 6.64. The van der Waals surface area contributed by atoms with Crippen LogP contribution < -0.4 is 10.6 Å². The Morgan fingerprint density at radius 2 is 1.89 bits per heavy atom. The molecular weight excluding hydrogens is 358 g/mol. The van der Waals surface area contributed by atoms with Crippen molar-refractivity contribution < 1.29 is 14.3 Å². The van der Waals surface area contributed by atoms with Gasteiger partial charge >= 0.3 is 6.09 Å². The van der Waals surface area contributed by atoms with Gasteiger partial charge in [0.2, 0.25) is 5.95 Å². The summed E-state index contributed by atoms with van der Waals surface area (Å²) in [6, 6.07) is 11.0. The Kier molecular flexibility index (Phi) is 6.41. The molecule has 1 aliphatic rings. The van der Waals surface area contributed by atoms with Gasteiger partial charge in [-0.05, 0) is 44.9 Å². The Balaban J connectivity index is 1.61. The van der Waals surface area contributed by atoms with Gasteiger partial charge in [-0.2, -0.15) is 0 Å². The predicted molar refractivity (Wildman–Crippen MR) is 106 cm³/mol. The molecule has 0 aliphatic carbocycles. The van der Waals surface area contributed by atoms with Crippen LogP contribution in [0.1, 0.15) is 35.9 Å². The van der Waals surface area contributed by atoms with E-state index in [-0.39, 0.29) is 18.0 Å². The van der Waals surface area contributed by atoms with Gasteiger partial charge in [-0.25, -0.2) is 14.8 Å². The molecule has 0 bridgehead atoms. The van der Waals surface area contributed by atoms with Crippen LogP contribution in [0.15, 0.2) is 36.4 Å². The van der Waals surface area contributed by atoms with Crippen LogP contribution in [0.25, 0.3) is 0 Å². The third-order valence-corrected chi connectivity index (χ3v) is 4.47. The average Bonchev–Trinajstić information content (AvgIpc) is 2.69. The van der Waals surface area contributed by atoms with Gasteiger partial charge in [-0.1, -0.05) is 18.2 Å². The van der Waals surface area contributed by atoms with Crippen LogP contribution in [0.2, 0.25) is 0 Å². The molecule has 8 nitrogen and oxygen atoms in total. The van der Waals surface area contributed by atoms with Crippen molar-refractivity contribution in [3.05, 3.63) is 47.8 Å². The van der Waals surface area contributed by atoms with Gasteiger partial charge < -0.3 is 20.3 Å². The molecule has 1 fully saturated rings. The molecule has 0 spiro atoms. The molecule has 0 atom stereocenters. The van der Waals surface area contributed by atoms with E-state index in [1.54, 1.807) is 17.9 Å². The summed E-state index contributed by atoms with van der Waals surface area (Å²) in [5.41, 5.74) is 1.73. The lowest BCUT2D eigenvalue weighted by Gasteiger charge is -2.31. The van der Waals surface area contributed by atoms with Crippen LogP contribution in [0.3, 0.4) is 0 Å². The van der Waals surface area contributed by atoms with Gasteiger partial charge in [-0.3, -0.25) is 4.79 Å². The second kappa shape index (κ2) is 9.16. The molecule has 1 aliphatic heterocycles. The highest BCUT2D eigenvalue weighted by Gasteiger charge is 2.24. The molecule has 0 radical (unpaired) electrons. The second-order valence-corrected chi connectivity index (χ2v) is 6.64. The summed E-state index contributed by atoms with van der Waals surface area (Å²) in [4.78, 5) is 34.8. The van der Waals surface area contributed by atoms with Crippen LogP contribution >= 0.6 is 0 Å². The van der Waals surface area contributed by atoms with Crippen LogP contribution in [-0.4, -0.2) is 52.6 Å². The molecule has 28 heavy (non-hydrogen) atoms. The summed E-state index contributed by atoms with van der Waals surface area (Å²) >= 11 is 0. The average molecular weight is 383 g/mol. The molecule has 0 saturated carbocycles. The highest BCUT2D eigenvalue weighted by Crippen LogP contribution is 2.16. The van der Waals surface area contributed by atoms with E-state index < -0.39 is 0 Å². The van der Waals surface area contributed by atoms with E-state index in [4.69, 9.17) is 4.74 Å². The van der Waals surface area contributed by atoms with Crippen molar-refractivity contribution in [2.45, 2.75) is 32.7 Å². The van der Waals surface area contributed by atoms with Gasteiger partial charge in [0.05, 0.1) is 6.61 Å². The Morgan fingerprint density at radius 1 is 1.18 bits per heavy atom. The fourth-order valence-electron chi connectivity index (χ4n) is 3.07. The maximum absolute atomic E-state index is 12.5. The van der Waals surface area contributed by atoms with Gasteiger partial charge in [0.15, 0.2) is 0 Å². The normalized spacial score (nSPS) is 14.4. The Labute approximate surface area is 164 Å². The van der Waals surface area contributed by atoms with E-state index in [0.29, 0.717) is 42.7 Å². The number of carbonyl (C=O) groups excluding carboxylic acids is 2. The maximum Gasteiger partial charge on any atom is 0.409 e. The lowest BCUT2D eigenvalue weighted by atomic mass is 10.1. The number of piperidine rings is 1. The number of nitrogens with one attached hydrogen (secondary N) is 2. The van der Waals surface area contributed by atoms with Crippen LogP contribution in [0.4, 0.5) is 16.4 Å². The third-order valence-electron chi connectivity index (χ3n) is 4.47. The van der Waals surface area contributed by atoms with Crippen molar-refractivity contribution in [2.24, 2.45) is 0 Å². The monoisotopic (exact) mass is 383 g/mol. The molecule has 148 valence electrons. The number of rotatable bonds is 5. The summed E-state index contributed by atoms with van der Waals surface area (Å²) in [5.74, 6) is 0.143. The zero-order chi connectivity index (χ0) is 19.9. The van der Waals surface area contributed by atoms with Crippen molar-refractivity contribution >= 4 is 23.6 Å². The Hall–Kier alpha value is -3.16. The molecule has 2 heterocycles. The fourth-order valence-corrected chi connectivity index (χ4v) is 3.07. The molecule has 0 unspecified atom stereocenters. The molecule has 1 aromatic carbocycles. The highest BCUT2D eigenvalue weighted by atomic mass is 16.6. The van der Waals surface area contributed by atoms with E-state index >= 15 is 0 Å². The Morgan fingerprint density at radius 3 is 2.57 bits per heavy atom. The summed E-state index contributed by atoms with van der Waals surface area (Å²) in [5, 5.41) is 6.12. The minimum atomic E-state index is -0.281. The number of aromatic nitrogens is 2. The lowest BCUT2D eigenvalue weighted by Crippen LogP contribution is -2.42. The zero-order valence-electron chi connectivity index (χ0n) is 16.1. The largest absolute Gasteiger partial charge is 0.450 e. The topological polar surface area (TPSA) is 96.5 Å². The van der Waals surface area contributed by atoms with E-state index in [1.165, 1.54) is 0 Å². The first-order chi connectivity index (χ1) is 13.5. The van der Waals surface area contributed by atoms with Crippen molar-refractivity contribution in [2.75, 3.05) is 30.3 Å². The van der Waals surface area contributed by atoms with Crippen LogP contribution in [0.5, 0.6) is 0 Å². The first kappa shape index (κ1) is 19.6. The van der Waals surface area contributed by atoms with Crippen molar-refractivity contribution in [3.8, 4) is 0 Å². The van der Waals surface area contributed by atoms with Crippen molar-refractivity contribution in [1.82, 2.24) is 14.9 Å². The number of ether oxygens (including phenoxy) is 1. The maximum atomic E-state index is 12.5. The smallest absolute Gasteiger partial charge is 0.409 e. The number of nitrogens with zero attached hydrogens (tertiary/aromatic N) is 3. The number of carbonyl (C=O) groups is 2. The first-order valence-corrected chi connectivity index (χ1v) is 9.45. The molecule has 8 heteroatoms. The number of hydrogen-bond acceptors (Lipinski definition) is 6. The number of aryl methyl sites for hydroxylation is 1. The standard InChI is InChI=1S/C20H25N5O3/c1-3-28-20(27)25-11-9-16(10-12-25)23-19-21-14(2)13-17(24-19)18(26)22-15-7-5-4-6-8-15/h4-8,13,16H,3,9-12H2,1-2H3,(H,22,26)(H,21,23,24). The van der Waals surface area contributed by atoms with Crippen molar-refractivity contribution in [3.63, 3.8) is 0 Å². The van der Waals surface area contributed by atoms with E-state index in [1.807, 2.05) is 37.3 Å². The van der Waals surface area contributed by atoms with Gasteiger partial charge in [0, 0.05) is 30.5 Å². The lowest BCUT2D eigenvalue weighted by molar-refractivity contribution is 0.0980. The molecule has 1 aromatic heterocycles. The quantitative estimate of drug-likeness (QED) is 0.824. The summed E-state index contributed by atoms with van der Waals surface area (Å²) < 4.78 is 5.04. The number of para-hydroxylation sites is 1. The third kappa shape index (κ3) is 5.18. The molecule has 2 N–H and O–H groups in total. The van der Waals surface area contributed by atoms with Crippen LogP contribution in [0, 0.1) is 6.92 Å².